The zero-order chi connectivity index (χ0) is 16.2. The Morgan fingerprint density at radius 3 is 2.61 bits per heavy atom. The number of aromatic nitrogens is 2. The Morgan fingerprint density at radius 1 is 1.13 bits per heavy atom. The summed E-state index contributed by atoms with van der Waals surface area (Å²) in [5.41, 5.74) is 11.2. The summed E-state index contributed by atoms with van der Waals surface area (Å²) < 4.78 is 7.88. The summed E-state index contributed by atoms with van der Waals surface area (Å²) in [6.45, 7) is 5.54. The maximum Gasteiger partial charge on any atom is 0.137 e. The van der Waals surface area contributed by atoms with E-state index in [1.54, 1.807) is 0 Å². The van der Waals surface area contributed by atoms with E-state index in [2.05, 4.69) is 36.4 Å². The number of aryl methyl sites for hydroxylation is 1. The topological polar surface area (TPSA) is 52.5 Å². The van der Waals surface area contributed by atoms with Gasteiger partial charge in [-0.05, 0) is 56.3 Å². The Labute approximate surface area is 136 Å². The van der Waals surface area contributed by atoms with Crippen LogP contribution in [0.5, 0.6) is 5.75 Å². The van der Waals surface area contributed by atoms with Crippen LogP contribution in [0.1, 0.15) is 24.7 Å². The number of nitrogens with zero attached hydrogens (tertiary/aromatic N) is 2. The van der Waals surface area contributed by atoms with Gasteiger partial charge >= 0.3 is 0 Å². The van der Waals surface area contributed by atoms with E-state index in [-0.39, 0.29) is 0 Å². The molecule has 4 heteroatoms. The summed E-state index contributed by atoms with van der Waals surface area (Å²) in [6, 6.07) is 14.4. The van der Waals surface area contributed by atoms with Crippen molar-refractivity contribution in [2.45, 2.75) is 26.7 Å². The van der Waals surface area contributed by atoms with Gasteiger partial charge in [-0.3, -0.25) is 4.40 Å². The molecule has 1 aromatic carbocycles. The minimum Gasteiger partial charge on any atom is -0.494 e. The highest BCUT2D eigenvalue weighted by Gasteiger charge is 2.14. The molecule has 0 spiro atoms. The molecule has 23 heavy (non-hydrogen) atoms. The number of pyridine rings is 1. The van der Waals surface area contributed by atoms with E-state index in [1.807, 2.05) is 24.3 Å². The second-order valence-electron chi connectivity index (χ2n) is 5.68. The van der Waals surface area contributed by atoms with Gasteiger partial charge in [-0.15, -0.1) is 0 Å². The van der Waals surface area contributed by atoms with Crippen LogP contribution < -0.4 is 10.5 Å². The molecular formula is C19H23N3O. The minimum absolute atomic E-state index is 0.591. The summed E-state index contributed by atoms with van der Waals surface area (Å²) in [4.78, 5) is 4.76. The third-order valence-corrected chi connectivity index (χ3v) is 3.89. The fourth-order valence-corrected chi connectivity index (χ4v) is 2.84. The molecule has 0 saturated carbocycles. The average molecular weight is 309 g/mol. The summed E-state index contributed by atoms with van der Waals surface area (Å²) in [5.74, 6) is 0.904. The fraction of sp³-hybridized carbons (Fsp3) is 0.316. The van der Waals surface area contributed by atoms with Crippen LogP contribution in [0.25, 0.3) is 16.9 Å². The molecule has 2 heterocycles. The maximum atomic E-state index is 5.78. The molecule has 0 unspecified atom stereocenters. The number of benzene rings is 1. The monoisotopic (exact) mass is 309 g/mol. The van der Waals surface area contributed by atoms with Gasteiger partial charge in [-0.25, -0.2) is 4.98 Å². The SMILES string of the molecule is CCCOc1ccc(-c2c(CCN)nc3cccc(C)n23)cc1. The van der Waals surface area contributed by atoms with Crippen molar-refractivity contribution in [1.29, 1.82) is 0 Å². The van der Waals surface area contributed by atoms with Crippen molar-refractivity contribution in [2.24, 2.45) is 5.73 Å². The van der Waals surface area contributed by atoms with Gasteiger partial charge in [0.25, 0.3) is 0 Å². The van der Waals surface area contributed by atoms with Crippen molar-refractivity contribution >= 4 is 5.65 Å². The van der Waals surface area contributed by atoms with Crippen LogP contribution in [0, 0.1) is 6.92 Å². The largest absolute Gasteiger partial charge is 0.494 e. The first-order valence-corrected chi connectivity index (χ1v) is 8.15. The van der Waals surface area contributed by atoms with E-state index in [9.17, 15) is 0 Å². The molecule has 0 atom stereocenters. The highest BCUT2D eigenvalue weighted by molar-refractivity contribution is 5.68. The first-order valence-electron chi connectivity index (χ1n) is 8.15. The van der Waals surface area contributed by atoms with Gasteiger partial charge in [0.1, 0.15) is 11.4 Å². The first kappa shape index (κ1) is 15.6. The van der Waals surface area contributed by atoms with Gasteiger partial charge in [-0.2, -0.15) is 0 Å². The Kier molecular flexibility index (Phi) is 4.63. The Balaban J connectivity index is 2.08. The number of imidazole rings is 1. The molecule has 0 radical (unpaired) electrons. The summed E-state index contributed by atoms with van der Waals surface area (Å²) in [5, 5.41) is 0. The zero-order valence-electron chi connectivity index (χ0n) is 13.7. The summed E-state index contributed by atoms with van der Waals surface area (Å²) >= 11 is 0. The predicted octanol–water partition coefficient (Wildman–Crippen LogP) is 3.60. The molecule has 2 aromatic heterocycles. The van der Waals surface area contributed by atoms with Gasteiger partial charge < -0.3 is 10.5 Å². The molecular weight excluding hydrogens is 286 g/mol. The van der Waals surface area contributed by atoms with Crippen LogP contribution in [0.2, 0.25) is 0 Å². The quantitative estimate of drug-likeness (QED) is 0.757. The second kappa shape index (κ2) is 6.84. The van der Waals surface area contributed by atoms with Crippen LogP contribution in [-0.2, 0) is 6.42 Å². The van der Waals surface area contributed by atoms with Crippen LogP contribution >= 0.6 is 0 Å². The van der Waals surface area contributed by atoms with Gasteiger partial charge in [0.2, 0.25) is 0 Å². The minimum atomic E-state index is 0.591. The number of ether oxygens (including phenoxy) is 1. The van der Waals surface area contributed by atoms with Gasteiger partial charge in [0.05, 0.1) is 18.0 Å². The standard InChI is InChI=1S/C19H23N3O/c1-3-13-23-16-9-7-15(8-10-16)19-17(11-12-20)21-18-6-4-5-14(2)22(18)19/h4-10H,3,11-13,20H2,1-2H3. The molecule has 0 aliphatic rings. The number of hydrogen-bond acceptors (Lipinski definition) is 3. The lowest BCUT2D eigenvalue weighted by Crippen LogP contribution is -2.04. The average Bonchev–Trinajstić information content (AvgIpc) is 2.93. The molecule has 0 amide bonds. The number of hydrogen-bond donors (Lipinski definition) is 1. The van der Waals surface area contributed by atoms with Gasteiger partial charge in [0.15, 0.2) is 0 Å². The first-order chi connectivity index (χ1) is 11.2. The molecule has 0 fully saturated rings. The van der Waals surface area contributed by atoms with E-state index in [4.69, 9.17) is 15.5 Å². The van der Waals surface area contributed by atoms with Crippen molar-refractivity contribution in [2.75, 3.05) is 13.2 Å². The highest BCUT2D eigenvalue weighted by Crippen LogP contribution is 2.28. The van der Waals surface area contributed by atoms with E-state index >= 15 is 0 Å². The van der Waals surface area contributed by atoms with Gasteiger partial charge in [0, 0.05) is 17.7 Å². The third-order valence-electron chi connectivity index (χ3n) is 3.89. The van der Waals surface area contributed by atoms with Gasteiger partial charge in [-0.1, -0.05) is 13.0 Å². The molecule has 0 aliphatic heterocycles. The van der Waals surface area contributed by atoms with E-state index < -0.39 is 0 Å². The normalized spacial score (nSPS) is 11.1. The molecule has 4 nitrogen and oxygen atoms in total. The Bertz CT molecular complexity index is 790. The molecule has 3 aromatic rings. The van der Waals surface area contributed by atoms with Crippen LogP contribution in [0.3, 0.4) is 0 Å². The molecule has 0 aliphatic carbocycles. The summed E-state index contributed by atoms with van der Waals surface area (Å²) in [6.07, 6.45) is 1.78. The Hall–Kier alpha value is -2.33. The number of nitrogens with two attached hydrogens (primary N) is 1. The Morgan fingerprint density at radius 2 is 1.91 bits per heavy atom. The van der Waals surface area contributed by atoms with Crippen molar-refractivity contribution in [3.63, 3.8) is 0 Å². The highest BCUT2D eigenvalue weighted by atomic mass is 16.5. The van der Waals surface area contributed by atoms with Crippen LogP contribution in [0.4, 0.5) is 0 Å². The van der Waals surface area contributed by atoms with Crippen LogP contribution in [0.15, 0.2) is 42.5 Å². The smallest absolute Gasteiger partial charge is 0.137 e. The van der Waals surface area contributed by atoms with E-state index in [0.717, 1.165) is 47.8 Å². The van der Waals surface area contributed by atoms with Crippen molar-refractivity contribution in [3.05, 3.63) is 53.9 Å². The number of fused-ring (bicyclic) bond motifs is 1. The predicted molar refractivity (Wildman–Crippen MR) is 93.9 cm³/mol. The van der Waals surface area contributed by atoms with Crippen molar-refractivity contribution in [3.8, 4) is 17.0 Å². The third kappa shape index (κ3) is 3.08. The lowest BCUT2D eigenvalue weighted by molar-refractivity contribution is 0.317. The maximum absolute atomic E-state index is 5.78. The van der Waals surface area contributed by atoms with E-state index in [1.165, 1.54) is 5.69 Å². The van der Waals surface area contributed by atoms with Crippen molar-refractivity contribution < 1.29 is 4.74 Å². The molecule has 0 saturated heterocycles. The lowest BCUT2D eigenvalue weighted by atomic mass is 10.1. The van der Waals surface area contributed by atoms with E-state index in [0.29, 0.717) is 6.54 Å². The molecule has 2 N–H and O–H groups in total. The molecule has 0 bridgehead atoms. The fourth-order valence-electron chi connectivity index (χ4n) is 2.84. The number of rotatable bonds is 6. The zero-order valence-corrected chi connectivity index (χ0v) is 13.7. The molecule has 120 valence electrons. The second-order valence-corrected chi connectivity index (χ2v) is 5.68. The van der Waals surface area contributed by atoms with Crippen LogP contribution in [-0.4, -0.2) is 22.5 Å². The lowest BCUT2D eigenvalue weighted by Gasteiger charge is -2.09. The summed E-state index contributed by atoms with van der Waals surface area (Å²) in [7, 11) is 0. The molecule has 3 rings (SSSR count). The van der Waals surface area contributed by atoms with Crippen molar-refractivity contribution in [1.82, 2.24) is 9.38 Å².